The van der Waals surface area contributed by atoms with Crippen LogP contribution in [0.15, 0.2) is 41.6 Å². The first-order valence-corrected chi connectivity index (χ1v) is 11.6. The number of esters is 1. The lowest BCUT2D eigenvalue weighted by Crippen LogP contribution is -2.48. The quantitative estimate of drug-likeness (QED) is 0.474. The van der Waals surface area contributed by atoms with Crippen molar-refractivity contribution >= 4 is 16.0 Å². The van der Waals surface area contributed by atoms with Crippen molar-refractivity contribution in [2.24, 2.45) is 7.05 Å². The number of halogens is 3. The fourth-order valence-corrected chi connectivity index (χ4v) is 4.98. The van der Waals surface area contributed by atoms with Crippen molar-refractivity contribution in [1.29, 1.82) is 5.26 Å². The van der Waals surface area contributed by atoms with E-state index in [9.17, 15) is 26.4 Å². The highest BCUT2D eigenvalue weighted by atomic mass is 32.2. The Morgan fingerprint density at radius 1 is 1.24 bits per heavy atom. The molecular weight excluding hydrogens is 461 g/mol. The standard InChI is InChI=1S/C21H25F3N4O4S/c1-4-12-28(13-5-2)33(30,31)17-8-6-7-16(15-17)18(29)32-20(9-10-25,21(22,23)24)19-26-11-14-27(19)3/h6-8,11,14-15H,4-5,9,12-13H2,1-3H3. The number of ether oxygens (including phenoxy) is 1. The number of rotatable bonds is 10. The maximum atomic E-state index is 14.1. The molecule has 180 valence electrons. The van der Waals surface area contributed by atoms with Crippen molar-refractivity contribution in [3.63, 3.8) is 0 Å². The molecule has 0 N–H and O–H groups in total. The molecule has 0 saturated heterocycles. The normalized spacial score (nSPS) is 14.0. The molecule has 1 unspecified atom stereocenters. The number of hydrogen-bond donors (Lipinski definition) is 0. The summed E-state index contributed by atoms with van der Waals surface area (Å²) in [6.45, 7) is 4.14. The summed E-state index contributed by atoms with van der Waals surface area (Å²) in [6, 6.07) is 6.05. The lowest BCUT2D eigenvalue weighted by Gasteiger charge is -2.32. The third-order valence-corrected chi connectivity index (χ3v) is 6.78. The molecule has 0 amide bonds. The zero-order valence-corrected chi connectivity index (χ0v) is 19.3. The van der Waals surface area contributed by atoms with Gasteiger partial charge in [0.1, 0.15) is 0 Å². The molecular formula is C21H25F3N4O4S. The summed E-state index contributed by atoms with van der Waals surface area (Å²) in [5.74, 6) is -2.11. The van der Waals surface area contributed by atoms with Crippen LogP contribution in [0, 0.1) is 11.3 Å². The van der Waals surface area contributed by atoms with Crippen molar-refractivity contribution in [1.82, 2.24) is 13.9 Å². The second-order valence-corrected chi connectivity index (χ2v) is 9.28. The van der Waals surface area contributed by atoms with Crippen LogP contribution in [0.3, 0.4) is 0 Å². The van der Waals surface area contributed by atoms with E-state index in [2.05, 4.69) is 4.98 Å². The Bertz CT molecular complexity index is 1120. The van der Waals surface area contributed by atoms with Gasteiger partial charge in [0.05, 0.1) is 22.9 Å². The van der Waals surface area contributed by atoms with Crippen molar-refractivity contribution in [3.8, 4) is 6.07 Å². The fraction of sp³-hybridized carbons (Fsp3) is 0.476. The van der Waals surface area contributed by atoms with E-state index in [-0.39, 0.29) is 18.0 Å². The molecule has 1 aromatic carbocycles. The average molecular weight is 487 g/mol. The number of aryl methyl sites for hydroxylation is 1. The van der Waals surface area contributed by atoms with E-state index < -0.39 is 45.6 Å². The van der Waals surface area contributed by atoms with E-state index in [1.165, 1.54) is 35.8 Å². The number of sulfonamides is 1. The number of carbonyl (C=O) groups excluding carboxylic acids is 1. The Labute approximate surface area is 190 Å². The van der Waals surface area contributed by atoms with Gasteiger partial charge in [-0.2, -0.15) is 22.7 Å². The molecule has 0 radical (unpaired) electrons. The molecule has 0 bridgehead atoms. The zero-order valence-electron chi connectivity index (χ0n) is 18.5. The highest BCUT2D eigenvalue weighted by Crippen LogP contribution is 2.44. The molecule has 2 aromatic rings. The molecule has 33 heavy (non-hydrogen) atoms. The SMILES string of the molecule is CCCN(CCC)S(=O)(=O)c1cccc(C(=O)OC(CC#N)(c2nccn2C)C(F)(F)F)c1. The van der Waals surface area contributed by atoms with Crippen molar-refractivity contribution in [2.75, 3.05) is 13.1 Å². The molecule has 12 heteroatoms. The monoisotopic (exact) mass is 486 g/mol. The smallest absolute Gasteiger partial charge is 0.436 e. The van der Waals surface area contributed by atoms with Gasteiger partial charge in [-0.15, -0.1) is 0 Å². The van der Waals surface area contributed by atoms with Crippen LogP contribution in [0.5, 0.6) is 0 Å². The highest BCUT2D eigenvalue weighted by molar-refractivity contribution is 7.89. The summed E-state index contributed by atoms with van der Waals surface area (Å²) in [4.78, 5) is 16.2. The number of aromatic nitrogens is 2. The number of imidazole rings is 1. The van der Waals surface area contributed by atoms with Crippen LogP contribution in [0.1, 0.15) is 49.3 Å². The Balaban J connectivity index is 2.51. The minimum atomic E-state index is -5.17. The van der Waals surface area contributed by atoms with E-state index in [0.717, 1.165) is 22.9 Å². The second kappa shape index (κ2) is 10.4. The van der Waals surface area contributed by atoms with E-state index in [1.807, 2.05) is 13.8 Å². The van der Waals surface area contributed by atoms with Gasteiger partial charge in [-0.05, 0) is 31.0 Å². The number of nitriles is 1. The van der Waals surface area contributed by atoms with Gasteiger partial charge >= 0.3 is 12.1 Å². The van der Waals surface area contributed by atoms with Gasteiger partial charge in [-0.1, -0.05) is 19.9 Å². The predicted octanol–water partition coefficient (Wildman–Crippen LogP) is 3.76. The van der Waals surface area contributed by atoms with Crippen LogP contribution in [0.25, 0.3) is 0 Å². The van der Waals surface area contributed by atoms with Crippen LogP contribution in [-0.4, -0.2) is 47.5 Å². The lowest BCUT2D eigenvalue weighted by atomic mass is 9.97. The molecule has 1 heterocycles. The average Bonchev–Trinajstić information content (AvgIpc) is 3.18. The summed E-state index contributed by atoms with van der Waals surface area (Å²) in [5, 5.41) is 9.09. The number of carbonyl (C=O) groups is 1. The molecule has 1 aromatic heterocycles. The lowest BCUT2D eigenvalue weighted by molar-refractivity contribution is -0.267. The third-order valence-electron chi connectivity index (χ3n) is 4.89. The zero-order chi connectivity index (χ0) is 24.9. The van der Waals surface area contributed by atoms with Gasteiger partial charge in [0.15, 0.2) is 5.82 Å². The van der Waals surface area contributed by atoms with Crippen molar-refractivity contribution < 1.29 is 31.1 Å². The van der Waals surface area contributed by atoms with Crippen LogP contribution in [0.2, 0.25) is 0 Å². The first kappa shape index (κ1) is 26.3. The van der Waals surface area contributed by atoms with Crippen LogP contribution >= 0.6 is 0 Å². The van der Waals surface area contributed by atoms with E-state index in [1.54, 1.807) is 0 Å². The van der Waals surface area contributed by atoms with Crippen molar-refractivity contribution in [3.05, 3.63) is 48.0 Å². The van der Waals surface area contributed by atoms with Gasteiger partial charge in [0.2, 0.25) is 10.0 Å². The van der Waals surface area contributed by atoms with Crippen molar-refractivity contribution in [2.45, 2.75) is 49.8 Å². The van der Waals surface area contributed by atoms with Gasteiger partial charge in [0, 0.05) is 32.5 Å². The molecule has 0 spiro atoms. The van der Waals surface area contributed by atoms with Gasteiger partial charge in [0.25, 0.3) is 5.60 Å². The molecule has 0 fully saturated rings. The molecule has 0 aliphatic heterocycles. The Morgan fingerprint density at radius 2 is 1.88 bits per heavy atom. The number of benzene rings is 1. The second-order valence-electron chi connectivity index (χ2n) is 7.34. The maximum Gasteiger partial charge on any atom is 0.436 e. The van der Waals surface area contributed by atoms with Gasteiger partial charge in [-0.25, -0.2) is 18.2 Å². The summed E-state index contributed by atoms with van der Waals surface area (Å²) < 4.78 is 75.6. The molecule has 0 aliphatic rings. The highest BCUT2D eigenvalue weighted by Gasteiger charge is 2.62. The van der Waals surface area contributed by atoms with Crippen LogP contribution < -0.4 is 0 Å². The Morgan fingerprint density at radius 3 is 2.36 bits per heavy atom. The van der Waals surface area contributed by atoms with E-state index in [0.29, 0.717) is 12.8 Å². The largest absolute Gasteiger partial charge is 0.436 e. The molecule has 1 atom stereocenters. The summed E-state index contributed by atoms with van der Waals surface area (Å²) in [7, 11) is -2.70. The number of alkyl halides is 3. The molecule has 0 saturated carbocycles. The topological polar surface area (TPSA) is 105 Å². The van der Waals surface area contributed by atoms with Gasteiger partial charge in [-0.3, -0.25) is 0 Å². The van der Waals surface area contributed by atoms with Gasteiger partial charge < -0.3 is 9.30 Å². The predicted molar refractivity (Wildman–Crippen MR) is 112 cm³/mol. The first-order chi connectivity index (χ1) is 15.4. The summed E-state index contributed by atoms with van der Waals surface area (Å²) in [6.07, 6.45) is -2.96. The fourth-order valence-electron chi connectivity index (χ4n) is 3.31. The maximum absolute atomic E-state index is 14.1. The minimum absolute atomic E-state index is 0.242. The number of hydrogen-bond acceptors (Lipinski definition) is 6. The van der Waals surface area contributed by atoms with E-state index >= 15 is 0 Å². The molecule has 2 rings (SSSR count). The molecule has 8 nitrogen and oxygen atoms in total. The third kappa shape index (κ3) is 5.36. The Hall–Kier alpha value is -2.91. The van der Waals surface area contributed by atoms with E-state index in [4.69, 9.17) is 10.00 Å². The minimum Gasteiger partial charge on any atom is -0.436 e. The number of nitrogens with zero attached hydrogens (tertiary/aromatic N) is 4. The first-order valence-electron chi connectivity index (χ1n) is 10.2. The molecule has 0 aliphatic carbocycles. The van der Waals surface area contributed by atoms with Crippen LogP contribution in [0.4, 0.5) is 13.2 Å². The Kier molecular flexibility index (Phi) is 8.26. The summed E-state index contributed by atoms with van der Waals surface area (Å²) >= 11 is 0. The summed E-state index contributed by atoms with van der Waals surface area (Å²) in [5.41, 5.74) is -3.73. The van der Waals surface area contributed by atoms with Crippen LogP contribution in [-0.2, 0) is 27.4 Å².